The predicted octanol–water partition coefficient (Wildman–Crippen LogP) is 1.98. The van der Waals surface area contributed by atoms with Gasteiger partial charge in [0, 0.05) is 11.3 Å². The molecule has 0 bridgehead atoms. The van der Waals surface area contributed by atoms with Crippen LogP contribution in [-0.4, -0.2) is 35.2 Å². The van der Waals surface area contributed by atoms with Crippen molar-refractivity contribution < 1.29 is 14.3 Å². The molecule has 0 aliphatic heterocycles. The molecule has 0 aliphatic carbocycles. The number of hydrogen-bond acceptors (Lipinski definition) is 3. The van der Waals surface area contributed by atoms with Crippen molar-refractivity contribution in [1.29, 1.82) is 0 Å². The Balaban J connectivity index is 2.79. The van der Waals surface area contributed by atoms with Gasteiger partial charge in [-0.25, -0.2) is 4.39 Å². The third kappa shape index (κ3) is 3.46. The number of halogens is 1. The Bertz CT molecular complexity index is 421. The van der Waals surface area contributed by atoms with Crippen molar-refractivity contribution in [2.45, 2.75) is 25.1 Å². The zero-order valence-corrected chi connectivity index (χ0v) is 11.6. The summed E-state index contributed by atoms with van der Waals surface area (Å²) in [6, 6.07) is 4.50. The van der Waals surface area contributed by atoms with Gasteiger partial charge in [-0.05, 0) is 31.7 Å². The van der Waals surface area contributed by atoms with Crippen LogP contribution in [-0.2, 0) is 0 Å². The van der Waals surface area contributed by atoms with Crippen LogP contribution in [0.15, 0.2) is 18.2 Å². The fourth-order valence-electron chi connectivity index (χ4n) is 1.64. The number of benzene rings is 1. The maximum atomic E-state index is 13.8. The van der Waals surface area contributed by atoms with Crippen molar-refractivity contribution in [3.8, 4) is 0 Å². The highest BCUT2D eigenvalue weighted by Crippen LogP contribution is 2.14. The van der Waals surface area contributed by atoms with Crippen LogP contribution in [0.3, 0.4) is 0 Å². The highest BCUT2D eigenvalue weighted by molar-refractivity contribution is 7.99. The van der Waals surface area contributed by atoms with Crippen LogP contribution < -0.4 is 5.32 Å². The van der Waals surface area contributed by atoms with Gasteiger partial charge in [-0.1, -0.05) is 12.1 Å². The van der Waals surface area contributed by atoms with E-state index >= 15 is 0 Å². The molecule has 18 heavy (non-hydrogen) atoms. The van der Waals surface area contributed by atoms with Crippen LogP contribution in [0.2, 0.25) is 0 Å². The maximum Gasteiger partial charge on any atom is 0.254 e. The van der Waals surface area contributed by atoms with E-state index in [-0.39, 0.29) is 23.5 Å². The summed E-state index contributed by atoms with van der Waals surface area (Å²) in [7, 11) is 0. The number of nitrogens with one attached hydrogen (secondary N) is 1. The second kappa shape index (κ2) is 6.75. The van der Waals surface area contributed by atoms with Crippen molar-refractivity contribution in [2.75, 3.05) is 12.9 Å². The molecule has 2 atom stereocenters. The van der Waals surface area contributed by atoms with Gasteiger partial charge >= 0.3 is 0 Å². The van der Waals surface area contributed by atoms with Gasteiger partial charge in [0.2, 0.25) is 0 Å². The Morgan fingerprint density at radius 3 is 2.78 bits per heavy atom. The molecule has 0 radical (unpaired) electrons. The van der Waals surface area contributed by atoms with Gasteiger partial charge in [0.05, 0.1) is 12.2 Å². The molecule has 2 unspecified atom stereocenters. The van der Waals surface area contributed by atoms with E-state index < -0.39 is 11.7 Å². The van der Waals surface area contributed by atoms with Gasteiger partial charge in [-0.3, -0.25) is 4.79 Å². The summed E-state index contributed by atoms with van der Waals surface area (Å²) in [5, 5.41) is 11.7. The Labute approximate surface area is 111 Å². The quantitative estimate of drug-likeness (QED) is 0.861. The highest BCUT2D eigenvalue weighted by Gasteiger charge is 2.20. The zero-order chi connectivity index (χ0) is 13.7. The molecule has 5 heteroatoms. The van der Waals surface area contributed by atoms with E-state index in [1.807, 2.05) is 6.26 Å². The van der Waals surface area contributed by atoms with Crippen LogP contribution >= 0.6 is 11.8 Å². The van der Waals surface area contributed by atoms with Crippen LogP contribution in [0.25, 0.3) is 0 Å². The number of aliphatic hydroxyl groups excluding tert-OH is 1. The van der Waals surface area contributed by atoms with Gasteiger partial charge in [0.15, 0.2) is 0 Å². The molecule has 0 saturated heterocycles. The summed E-state index contributed by atoms with van der Waals surface area (Å²) >= 11 is 1.46. The Kier molecular flexibility index (Phi) is 5.62. The number of rotatable bonds is 5. The van der Waals surface area contributed by atoms with E-state index in [0.717, 1.165) is 0 Å². The normalized spacial score (nSPS) is 14.1. The molecule has 0 spiro atoms. The summed E-state index contributed by atoms with van der Waals surface area (Å²) in [4.78, 5) is 11.9. The molecule has 1 rings (SSSR count). The van der Waals surface area contributed by atoms with Gasteiger partial charge in [-0.15, -0.1) is 0 Å². The third-order valence-corrected chi connectivity index (χ3v) is 4.00. The Morgan fingerprint density at radius 1 is 1.56 bits per heavy atom. The fourth-order valence-corrected chi connectivity index (χ4v) is 2.26. The summed E-state index contributed by atoms with van der Waals surface area (Å²) in [6.07, 6.45) is 1.86. The molecule has 3 nitrogen and oxygen atoms in total. The molecule has 0 aromatic heterocycles. The molecule has 1 aromatic carbocycles. The van der Waals surface area contributed by atoms with Gasteiger partial charge in [0.1, 0.15) is 5.82 Å². The smallest absolute Gasteiger partial charge is 0.254 e. The highest BCUT2D eigenvalue weighted by atomic mass is 32.2. The molecular weight excluding hydrogens is 253 g/mol. The summed E-state index contributed by atoms with van der Waals surface area (Å²) in [6.45, 7) is 3.38. The molecule has 1 aromatic rings. The van der Waals surface area contributed by atoms with E-state index in [0.29, 0.717) is 5.56 Å². The standard InChI is InChI=1S/C13H18FNO2S/c1-8-5-4-6-10(12(8)14)13(17)15-9(2)11(7-16)18-3/h4-6,9,11,16H,7H2,1-3H3,(H,15,17). The lowest BCUT2D eigenvalue weighted by Crippen LogP contribution is -2.41. The third-order valence-electron chi connectivity index (χ3n) is 2.84. The van der Waals surface area contributed by atoms with Gasteiger partial charge in [0.25, 0.3) is 5.91 Å². The monoisotopic (exact) mass is 271 g/mol. The van der Waals surface area contributed by atoms with Crippen molar-refractivity contribution in [3.05, 3.63) is 35.1 Å². The van der Waals surface area contributed by atoms with Crippen LogP contribution in [0.1, 0.15) is 22.8 Å². The number of amides is 1. The first kappa shape index (κ1) is 15.0. The lowest BCUT2D eigenvalue weighted by Gasteiger charge is -2.21. The average Bonchev–Trinajstić information content (AvgIpc) is 2.34. The van der Waals surface area contributed by atoms with E-state index in [1.54, 1.807) is 26.0 Å². The minimum Gasteiger partial charge on any atom is -0.395 e. The molecule has 0 fully saturated rings. The first-order chi connectivity index (χ1) is 8.51. The number of thioether (sulfide) groups is 1. The van der Waals surface area contributed by atoms with E-state index in [2.05, 4.69) is 5.32 Å². The van der Waals surface area contributed by atoms with Gasteiger partial charge < -0.3 is 10.4 Å². The SMILES string of the molecule is CSC(CO)C(C)NC(=O)c1cccc(C)c1F. The Hall–Kier alpha value is -1.07. The number of carbonyl (C=O) groups excluding carboxylic acids is 1. The summed E-state index contributed by atoms with van der Waals surface area (Å²) in [5.74, 6) is -0.942. The van der Waals surface area contributed by atoms with Crippen molar-refractivity contribution in [3.63, 3.8) is 0 Å². The second-order valence-corrected chi connectivity index (χ2v) is 5.23. The van der Waals surface area contributed by atoms with Crippen LogP contribution in [0.5, 0.6) is 0 Å². The van der Waals surface area contributed by atoms with E-state index in [9.17, 15) is 9.18 Å². The Morgan fingerprint density at radius 2 is 2.22 bits per heavy atom. The maximum absolute atomic E-state index is 13.8. The summed E-state index contributed by atoms with van der Waals surface area (Å²) in [5.41, 5.74) is 0.485. The average molecular weight is 271 g/mol. The first-order valence-electron chi connectivity index (χ1n) is 5.70. The number of hydrogen-bond donors (Lipinski definition) is 2. The van der Waals surface area contributed by atoms with Crippen molar-refractivity contribution >= 4 is 17.7 Å². The van der Waals surface area contributed by atoms with Crippen molar-refractivity contribution in [1.82, 2.24) is 5.32 Å². The van der Waals surface area contributed by atoms with Crippen LogP contribution in [0, 0.1) is 12.7 Å². The second-order valence-electron chi connectivity index (χ2n) is 4.16. The van der Waals surface area contributed by atoms with E-state index in [1.165, 1.54) is 17.8 Å². The molecule has 1 amide bonds. The molecule has 0 aliphatic rings. The fraction of sp³-hybridized carbons (Fsp3) is 0.462. The topological polar surface area (TPSA) is 49.3 Å². The zero-order valence-electron chi connectivity index (χ0n) is 10.7. The molecule has 2 N–H and O–H groups in total. The predicted molar refractivity (Wildman–Crippen MR) is 72.5 cm³/mol. The van der Waals surface area contributed by atoms with Crippen LogP contribution in [0.4, 0.5) is 4.39 Å². The largest absolute Gasteiger partial charge is 0.395 e. The lowest BCUT2D eigenvalue weighted by molar-refractivity contribution is 0.0931. The molecule has 100 valence electrons. The number of aliphatic hydroxyl groups is 1. The number of carbonyl (C=O) groups is 1. The molecule has 0 heterocycles. The first-order valence-corrected chi connectivity index (χ1v) is 6.99. The lowest BCUT2D eigenvalue weighted by atomic mass is 10.1. The summed E-state index contributed by atoms with van der Waals surface area (Å²) < 4.78 is 13.8. The van der Waals surface area contributed by atoms with Gasteiger partial charge in [-0.2, -0.15) is 11.8 Å². The molecular formula is C13H18FNO2S. The minimum atomic E-state index is -0.494. The number of aryl methyl sites for hydroxylation is 1. The minimum absolute atomic E-state index is 0.0289. The van der Waals surface area contributed by atoms with E-state index in [4.69, 9.17) is 5.11 Å². The van der Waals surface area contributed by atoms with Crippen molar-refractivity contribution in [2.24, 2.45) is 0 Å². The molecule has 0 saturated carbocycles.